The Morgan fingerprint density at radius 2 is 0.769 bits per heavy atom. The Hall–Kier alpha value is -5.52. The van der Waals surface area contributed by atoms with Crippen molar-refractivity contribution in [1.29, 1.82) is 0 Å². The highest BCUT2D eigenvalue weighted by Gasteiger charge is 2.34. The molecule has 0 aliphatic rings. The van der Waals surface area contributed by atoms with E-state index < -0.39 is 153 Å². The minimum Gasteiger partial charge on any atom is -0.481 e. The summed E-state index contributed by atoms with van der Waals surface area (Å²) in [4.78, 5) is 132. The lowest BCUT2D eigenvalue weighted by molar-refractivity contribution is -0.147. The third-order valence-corrected chi connectivity index (χ3v) is 7.45. The number of hydrogen-bond acceptors (Lipinski definition) is 13. The number of amides is 5. The van der Waals surface area contributed by atoms with E-state index in [1.54, 1.807) is 6.26 Å². The lowest BCUT2D eigenvalue weighted by Crippen LogP contribution is -2.59. The molecule has 0 saturated carbocycles. The van der Waals surface area contributed by atoms with Crippen molar-refractivity contribution in [3.05, 3.63) is 0 Å². The number of carbonyl (C=O) groups excluding carboxylic acids is 5. The van der Waals surface area contributed by atoms with E-state index in [1.807, 2.05) is 5.32 Å². The summed E-state index contributed by atoms with van der Waals surface area (Å²) >= 11 is 1.21. The van der Waals surface area contributed by atoms with E-state index in [0.717, 1.165) is 0 Å². The Kier molecular flexibility index (Phi) is 21.3. The molecule has 24 heteroatoms. The minimum atomic E-state index is -1.99. The van der Waals surface area contributed by atoms with Crippen LogP contribution in [0.3, 0.4) is 0 Å². The molecule has 0 unspecified atom stereocenters. The second-order valence-electron chi connectivity index (χ2n) is 11.0. The van der Waals surface area contributed by atoms with Crippen molar-refractivity contribution in [3.8, 4) is 0 Å². The van der Waals surface area contributed by atoms with Gasteiger partial charge in [0.15, 0.2) is 0 Å². The Morgan fingerprint density at radius 3 is 1.06 bits per heavy atom. The van der Waals surface area contributed by atoms with Gasteiger partial charge in [0.25, 0.3) is 0 Å². The number of nitrogens with one attached hydrogen (secondary N) is 5. The van der Waals surface area contributed by atoms with Crippen LogP contribution < -0.4 is 32.3 Å². The summed E-state index contributed by atoms with van der Waals surface area (Å²) in [7, 11) is 0. The van der Waals surface area contributed by atoms with Gasteiger partial charge in [0.2, 0.25) is 29.5 Å². The third-order valence-electron chi connectivity index (χ3n) is 6.81. The molecule has 0 aliphatic heterocycles. The van der Waals surface area contributed by atoms with E-state index in [9.17, 15) is 63.0 Å². The Balaban J connectivity index is 6.31. The van der Waals surface area contributed by atoms with Crippen molar-refractivity contribution in [2.45, 2.75) is 94.0 Å². The molecule has 292 valence electrons. The Morgan fingerprint density at radius 1 is 0.462 bits per heavy atom. The summed E-state index contributed by atoms with van der Waals surface area (Å²) in [5.41, 5.74) is 5.52. The molecule has 52 heavy (non-hydrogen) atoms. The summed E-state index contributed by atoms with van der Waals surface area (Å²) in [6.45, 7) is 0. The molecule has 0 heterocycles. The molecule has 0 fully saturated rings. The average Bonchev–Trinajstić information content (AvgIpc) is 3.03. The largest absolute Gasteiger partial charge is 0.481 e. The fourth-order valence-electron chi connectivity index (χ4n) is 4.14. The van der Waals surface area contributed by atoms with Crippen LogP contribution in [0.15, 0.2) is 0 Å². The van der Waals surface area contributed by atoms with Crippen LogP contribution in [0.4, 0.5) is 0 Å². The zero-order chi connectivity index (χ0) is 40.1. The first-order chi connectivity index (χ1) is 24.2. The maximum Gasteiger partial charge on any atom is 0.326 e. The second kappa shape index (κ2) is 23.8. The van der Waals surface area contributed by atoms with Crippen molar-refractivity contribution in [1.82, 2.24) is 26.6 Å². The average molecular weight is 767 g/mol. The summed E-state index contributed by atoms with van der Waals surface area (Å²) in [5.74, 6) is -14.8. The molecule has 0 rings (SSSR count). The Labute approximate surface area is 298 Å². The number of carboxylic acids is 6. The molecule has 0 radical (unpaired) electrons. The normalized spacial score (nSPS) is 14.1. The Bertz CT molecular complexity index is 1360. The van der Waals surface area contributed by atoms with E-state index in [1.165, 1.54) is 11.8 Å². The smallest absolute Gasteiger partial charge is 0.326 e. The van der Waals surface area contributed by atoms with Crippen LogP contribution in [-0.4, -0.2) is 144 Å². The molecule has 6 atom stereocenters. The first kappa shape index (κ1) is 46.5. The monoisotopic (exact) mass is 766 g/mol. The van der Waals surface area contributed by atoms with Crippen molar-refractivity contribution in [2.75, 3.05) is 12.0 Å². The molecule has 0 aromatic rings. The maximum atomic E-state index is 13.4. The van der Waals surface area contributed by atoms with E-state index in [4.69, 9.17) is 26.2 Å². The first-order valence-corrected chi connectivity index (χ1v) is 16.7. The van der Waals surface area contributed by atoms with Gasteiger partial charge < -0.3 is 63.0 Å². The quantitative estimate of drug-likeness (QED) is 0.0380. The third kappa shape index (κ3) is 19.6. The molecule has 0 aliphatic carbocycles. The fourth-order valence-corrected chi connectivity index (χ4v) is 4.61. The number of aliphatic carboxylic acids is 6. The molecular formula is C28H42N6O17S. The van der Waals surface area contributed by atoms with E-state index in [2.05, 4.69) is 21.3 Å². The highest BCUT2D eigenvalue weighted by atomic mass is 32.2. The summed E-state index contributed by atoms with van der Waals surface area (Å²) in [6.07, 6.45) is -4.40. The molecule has 0 spiro atoms. The number of carboxylic acid groups (broad SMARTS) is 6. The summed E-state index contributed by atoms with van der Waals surface area (Å²) < 4.78 is 0. The molecule has 13 N–H and O–H groups in total. The zero-order valence-electron chi connectivity index (χ0n) is 27.7. The number of nitrogens with two attached hydrogens (primary N) is 1. The second-order valence-corrected chi connectivity index (χ2v) is 12.0. The van der Waals surface area contributed by atoms with Gasteiger partial charge >= 0.3 is 35.8 Å². The van der Waals surface area contributed by atoms with Crippen LogP contribution >= 0.6 is 11.8 Å². The van der Waals surface area contributed by atoms with Crippen LogP contribution in [-0.2, 0) is 52.7 Å². The lowest BCUT2D eigenvalue weighted by Gasteiger charge is -2.27. The van der Waals surface area contributed by atoms with Crippen molar-refractivity contribution >= 4 is 77.1 Å². The highest BCUT2D eigenvalue weighted by Crippen LogP contribution is 2.09. The standard InChI is InChI=1S/C28H42N6O17S/c1-52-9-8-16(33-24(46)13(2-5-18(35)36)30-23(45)12(29)10-21(41)42)27(49)32-14(3-6-19(37)38)25(47)31-15(4-7-20(39)40)26(48)34-17(28(50)51)11-22(43)44/h12-17H,2-11,29H2,1H3,(H,30,45)(H,31,47)(H,32,49)(H,33,46)(H,34,48)(H,35,36)(H,37,38)(H,39,40)(H,41,42)(H,43,44)(H,50,51)/t12-,13-,14-,15-,16-,17-/m0/s1. The van der Waals surface area contributed by atoms with Crippen LogP contribution in [0.5, 0.6) is 0 Å². The van der Waals surface area contributed by atoms with Crippen LogP contribution in [0, 0.1) is 0 Å². The minimum absolute atomic E-state index is 0.145. The van der Waals surface area contributed by atoms with Gasteiger partial charge in [-0.2, -0.15) is 11.8 Å². The van der Waals surface area contributed by atoms with E-state index in [-0.39, 0.29) is 12.2 Å². The van der Waals surface area contributed by atoms with Gasteiger partial charge in [0, 0.05) is 19.3 Å². The molecule has 0 saturated heterocycles. The SMILES string of the molecule is CSCC[C@H](NC(=O)[C@H](CCC(=O)O)NC(=O)[C@@H](N)CC(=O)O)C(=O)N[C@@H](CCC(=O)O)C(=O)N[C@@H](CCC(=O)O)C(=O)N[C@@H](CC(=O)O)C(=O)O. The van der Waals surface area contributed by atoms with Crippen LogP contribution in [0.25, 0.3) is 0 Å². The maximum absolute atomic E-state index is 13.4. The van der Waals surface area contributed by atoms with Gasteiger partial charge in [0.1, 0.15) is 30.2 Å². The van der Waals surface area contributed by atoms with Gasteiger partial charge in [-0.25, -0.2) is 4.79 Å². The van der Waals surface area contributed by atoms with Gasteiger partial charge in [-0.05, 0) is 37.7 Å². The molecule has 5 amide bonds. The van der Waals surface area contributed by atoms with Crippen molar-refractivity contribution in [2.24, 2.45) is 5.73 Å². The van der Waals surface area contributed by atoms with E-state index in [0.29, 0.717) is 0 Å². The number of thioether (sulfide) groups is 1. The highest BCUT2D eigenvalue weighted by molar-refractivity contribution is 7.98. The van der Waals surface area contributed by atoms with Gasteiger partial charge in [-0.3, -0.25) is 47.9 Å². The number of hydrogen-bond donors (Lipinski definition) is 12. The predicted octanol–water partition coefficient (Wildman–Crippen LogP) is -3.88. The first-order valence-electron chi connectivity index (χ1n) is 15.3. The molecule has 23 nitrogen and oxygen atoms in total. The molecular weight excluding hydrogens is 724 g/mol. The predicted molar refractivity (Wildman–Crippen MR) is 173 cm³/mol. The summed E-state index contributed by atoms with van der Waals surface area (Å²) in [6, 6.07) is -10.4. The van der Waals surface area contributed by atoms with E-state index >= 15 is 0 Å². The topological polar surface area (TPSA) is 395 Å². The molecule has 0 aromatic carbocycles. The van der Waals surface area contributed by atoms with Gasteiger partial charge in [-0.15, -0.1) is 0 Å². The molecule has 0 aromatic heterocycles. The van der Waals surface area contributed by atoms with Crippen LogP contribution in [0.1, 0.15) is 57.8 Å². The zero-order valence-corrected chi connectivity index (χ0v) is 28.5. The van der Waals surface area contributed by atoms with Gasteiger partial charge in [-0.1, -0.05) is 0 Å². The van der Waals surface area contributed by atoms with Crippen molar-refractivity contribution < 1.29 is 83.4 Å². The molecule has 0 bridgehead atoms. The number of carbonyl (C=O) groups is 11. The fraction of sp³-hybridized carbons (Fsp3) is 0.607. The summed E-state index contributed by atoms with van der Waals surface area (Å²) in [5, 5.41) is 65.1. The number of rotatable bonds is 27. The van der Waals surface area contributed by atoms with Crippen molar-refractivity contribution in [3.63, 3.8) is 0 Å². The van der Waals surface area contributed by atoms with Gasteiger partial charge in [0.05, 0.1) is 18.9 Å². The lowest BCUT2D eigenvalue weighted by atomic mass is 10.1. The van der Waals surface area contributed by atoms with Crippen LogP contribution in [0.2, 0.25) is 0 Å².